The second kappa shape index (κ2) is 10.8. The van der Waals surface area contributed by atoms with Gasteiger partial charge < -0.3 is 10.0 Å². The maximum absolute atomic E-state index is 13.3. The molecule has 1 aliphatic rings. The number of thiophene rings is 1. The molecular weight excluding hydrogens is 577 g/mol. The Hall–Kier alpha value is -2.56. The molecule has 1 saturated heterocycles. The van der Waals surface area contributed by atoms with Gasteiger partial charge in [0.1, 0.15) is 9.10 Å². The summed E-state index contributed by atoms with van der Waals surface area (Å²) in [7, 11) is -6.42. The number of aliphatic hydroxyl groups is 1. The van der Waals surface area contributed by atoms with E-state index in [0.29, 0.717) is 12.6 Å². The number of piperazine rings is 1. The summed E-state index contributed by atoms with van der Waals surface area (Å²) in [6.45, 7) is 0.727. The van der Waals surface area contributed by atoms with Gasteiger partial charge in [-0.25, -0.2) is 16.8 Å². The highest BCUT2D eigenvalue weighted by Crippen LogP contribution is 2.39. The van der Waals surface area contributed by atoms with Crippen LogP contribution in [0.4, 0.5) is 18.9 Å². The smallest absolute Gasteiger partial charge is 0.376 e. The number of benzene rings is 1. The van der Waals surface area contributed by atoms with Crippen molar-refractivity contribution in [3.05, 3.63) is 71.9 Å². The van der Waals surface area contributed by atoms with Crippen LogP contribution in [0.5, 0.6) is 0 Å². The van der Waals surface area contributed by atoms with Gasteiger partial charge in [-0.05, 0) is 48.2 Å². The van der Waals surface area contributed by atoms with Gasteiger partial charge in [0.2, 0.25) is 10.0 Å². The van der Waals surface area contributed by atoms with Crippen molar-refractivity contribution < 1.29 is 35.1 Å². The van der Waals surface area contributed by atoms with Crippen molar-refractivity contribution in [1.82, 2.24) is 13.6 Å². The van der Waals surface area contributed by atoms with Crippen LogP contribution < -0.4 is 4.90 Å². The van der Waals surface area contributed by atoms with E-state index in [1.807, 2.05) is 0 Å². The largest absolute Gasteiger partial charge is 0.421 e. The van der Waals surface area contributed by atoms with E-state index >= 15 is 0 Å². The fraction of sp³-hybridized carbons (Fsp3) is 0.375. The van der Waals surface area contributed by atoms with E-state index in [1.54, 1.807) is 16.3 Å². The van der Waals surface area contributed by atoms with Gasteiger partial charge >= 0.3 is 6.18 Å². The number of hydrogen-bond donors (Lipinski definition) is 1. The molecule has 9 nitrogen and oxygen atoms in total. The molecule has 1 aromatic carbocycles. The second-order valence-corrected chi connectivity index (χ2v) is 14.4. The molecule has 3 heterocycles. The highest BCUT2D eigenvalue weighted by molar-refractivity contribution is 7.91. The molecule has 1 fully saturated rings. The lowest BCUT2D eigenvalue weighted by Gasteiger charge is -2.43. The lowest BCUT2D eigenvalue weighted by molar-refractivity contribution is -0.258. The van der Waals surface area contributed by atoms with Crippen LogP contribution in [0.1, 0.15) is 12.5 Å². The van der Waals surface area contributed by atoms with E-state index in [0.717, 1.165) is 27.8 Å². The minimum Gasteiger partial charge on any atom is -0.376 e. The molecule has 0 saturated carbocycles. The van der Waals surface area contributed by atoms with Gasteiger partial charge in [-0.2, -0.15) is 21.8 Å². The maximum atomic E-state index is 13.3. The zero-order valence-corrected chi connectivity index (χ0v) is 23.4. The van der Waals surface area contributed by atoms with E-state index in [-0.39, 0.29) is 40.8 Å². The quantitative estimate of drug-likeness (QED) is 0.421. The van der Waals surface area contributed by atoms with Gasteiger partial charge in [-0.3, -0.25) is 4.98 Å². The third kappa shape index (κ3) is 5.83. The number of anilines is 1. The SMILES string of the molecule is CN(C[C@H]1CN(S(=O)(=O)c2cccs2)CCN1c1ccc([C@@](C)(O)C(F)(F)F)cc1)S(=O)(=O)c1cccnc1. The molecule has 3 aromatic rings. The predicted octanol–water partition coefficient (Wildman–Crippen LogP) is 3.11. The maximum Gasteiger partial charge on any atom is 0.421 e. The van der Waals surface area contributed by atoms with Gasteiger partial charge in [0.15, 0.2) is 5.60 Å². The van der Waals surface area contributed by atoms with E-state index in [2.05, 4.69) is 4.98 Å². The molecule has 0 unspecified atom stereocenters. The van der Waals surface area contributed by atoms with Crippen molar-refractivity contribution in [2.45, 2.75) is 33.8 Å². The number of alkyl halides is 3. The summed E-state index contributed by atoms with van der Waals surface area (Å²) in [4.78, 5) is 5.59. The summed E-state index contributed by atoms with van der Waals surface area (Å²) < 4.78 is 95.3. The molecule has 2 atom stereocenters. The van der Waals surface area contributed by atoms with Crippen molar-refractivity contribution in [1.29, 1.82) is 0 Å². The summed E-state index contributed by atoms with van der Waals surface area (Å²) in [6.07, 6.45) is -2.24. The first-order valence-corrected chi connectivity index (χ1v) is 15.5. The van der Waals surface area contributed by atoms with Crippen LogP contribution in [0.15, 0.2) is 75.4 Å². The van der Waals surface area contributed by atoms with Crippen LogP contribution in [0, 0.1) is 0 Å². The minimum absolute atomic E-state index is 0.0309. The molecule has 1 N–H and O–H groups in total. The van der Waals surface area contributed by atoms with Gasteiger partial charge in [0.05, 0.1) is 6.04 Å². The highest BCUT2D eigenvalue weighted by atomic mass is 32.2. The Kier molecular flexibility index (Phi) is 8.13. The number of pyridine rings is 1. The summed E-state index contributed by atoms with van der Waals surface area (Å²) in [5.74, 6) is 0. The predicted molar refractivity (Wildman–Crippen MR) is 140 cm³/mol. The second-order valence-electron chi connectivity index (χ2n) is 9.23. The molecule has 2 aromatic heterocycles. The zero-order valence-electron chi connectivity index (χ0n) is 21.0. The van der Waals surface area contributed by atoms with E-state index in [1.165, 1.54) is 54.1 Å². The van der Waals surface area contributed by atoms with Crippen molar-refractivity contribution in [3.63, 3.8) is 0 Å². The molecule has 0 amide bonds. The monoisotopic (exact) mass is 604 g/mol. The van der Waals surface area contributed by atoms with Gasteiger partial charge in [-0.1, -0.05) is 18.2 Å². The van der Waals surface area contributed by atoms with E-state index in [4.69, 9.17) is 0 Å². The first kappa shape index (κ1) is 29.4. The average Bonchev–Trinajstić information content (AvgIpc) is 3.45. The number of sulfonamides is 2. The normalized spacial score (nSPS) is 19.3. The molecule has 15 heteroatoms. The fourth-order valence-corrected chi connectivity index (χ4v) is 8.08. The molecule has 0 spiro atoms. The molecule has 0 aliphatic carbocycles. The lowest BCUT2D eigenvalue weighted by atomic mass is 9.95. The third-order valence-corrected chi connectivity index (χ3v) is 11.7. The van der Waals surface area contributed by atoms with Gasteiger partial charge in [0.25, 0.3) is 10.0 Å². The average molecular weight is 605 g/mol. The molecule has 0 bridgehead atoms. The van der Waals surface area contributed by atoms with Crippen molar-refractivity contribution in [3.8, 4) is 0 Å². The number of halogens is 3. The topological polar surface area (TPSA) is 111 Å². The molecule has 39 heavy (non-hydrogen) atoms. The molecule has 0 radical (unpaired) electrons. The summed E-state index contributed by atoms with van der Waals surface area (Å²) in [5, 5.41) is 11.7. The van der Waals surface area contributed by atoms with E-state index < -0.39 is 37.9 Å². The number of rotatable bonds is 8. The van der Waals surface area contributed by atoms with Crippen LogP contribution in [-0.2, 0) is 25.6 Å². The van der Waals surface area contributed by atoms with Crippen molar-refractivity contribution in [2.24, 2.45) is 0 Å². The Bertz CT molecular complexity index is 1480. The lowest BCUT2D eigenvalue weighted by Crippen LogP contribution is -2.58. The van der Waals surface area contributed by atoms with Crippen LogP contribution in [-0.4, -0.2) is 81.0 Å². The Morgan fingerprint density at radius 2 is 1.77 bits per heavy atom. The number of hydrogen-bond acceptors (Lipinski definition) is 8. The van der Waals surface area contributed by atoms with Gasteiger partial charge in [0, 0.05) is 51.3 Å². The summed E-state index contributed by atoms with van der Waals surface area (Å²) in [6, 6.07) is 10.4. The first-order valence-electron chi connectivity index (χ1n) is 11.7. The summed E-state index contributed by atoms with van der Waals surface area (Å²) in [5.41, 5.74) is -2.95. The highest BCUT2D eigenvalue weighted by Gasteiger charge is 2.51. The van der Waals surface area contributed by atoms with Crippen LogP contribution in [0.3, 0.4) is 0 Å². The van der Waals surface area contributed by atoms with Crippen LogP contribution in [0.2, 0.25) is 0 Å². The minimum atomic E-state index is -4.89. The Labute approximate surface area is 229 Å². The van der Waals surface area contributed by atoms with Crippen LogP contribution in [0.25, 0.3) is 0 Å². The number of aromatic nitrogens is 1. The molecule has 1 aliphatic heterocycles. The Morgan fingerprint density at radius 1 is 1.08 bits per heavy atom. The number of nitrogens with zero attached hydrogens (tertiary/aromatic N) is 4. The molecule has 4 rings (SSSR count). The van der Waals surface area contributed by atoms with Gasteiger partial charge in [-0.15, -0.1) is 11.3 Å². The molecular formula is C24H27F3N4O5S3. The molecule has 212 valence electrons. The summed E-state index contributed by atoms with van der Waals surface area (Å²) >= 11 is 1.07. The van der Waals surface area contributed by atoms with Crippen molar-refractivity contribution in [2.75, 3.05) is 38.1 Å². The Morgan fingerprint density at radius 3 is 2.33 bits per heavy atom. The fourth-order valence-electron chi connectivity index (χ4n) is 4.29. The third-order valence-electron chi connectivity index (χ3n) is 6.66. The number of likely N-dealkylation sites (N-methyl/N-ethyl adjacent to an activating group) is 1. The van der Waals surface area contributed by atoms with E-state index in [9.17, 15) is 35.1 Å². The van der Waals surface area contributed by atoms with Crippen molar-refractivity contribution >= 4 is 37.1 Å². The zero-order chi connectivity index (χ0) is 28.6. The standard InChI is InChI=1S/C24H27F3N4O5S3/c1-23(32,24(25,26)27)18-7-9-19(10-8-18)31-13-12-30(39(35,36)22-6-4-14-37-22)17-20(31)16-29(2)38(33,34)21-5-3-11-28-15-21/h3-11,14-15,20,32H,12-13,16-17H2,1-2H3/t20-,23+/m0/s1. The van der Waals surface area contributed by atoms with Crippen LogP contribution >= 0.6 is 11.3 Å². The first-order chi connectivity index (χ1) is 18.2. The Balaban J connectivity index is 1.65.